The molecule has 10 heteroatoms. The van der Waals surface area contributed by atoms with Gasteiger partial charge in [0.2, 0.25) is 0 Å². The van der Waals surface area contributed by atoms with Gasteiger partial charge in [-0.25, -0.2) is 22.2 Å². The van der Waals surface area contributed by atoms with E-state index in [2.05, 4.69) is 14.8 Å². The summed E-state index contributed by atoms with van der Waals surface area (Å²) in [5, 5.41) is 4.91. The van der Waals surface area contributed by atoms with Gasteiger partial charge in [0.05, 0.1) is 21.5 Å². The molecule has 0 radical (unpaired) electrons. The smallest absolute Gasteiger partial charge is 0.246 e. The molecule has 1 aromatic heterocycles. The van der Waals surface area contributed by atoms with Crippen LogP contribution in [0.15, 0.2) is 53.7 Å². The van der Waals surface area contributed by atoms with Crippen molar-refractivity contribution in [2.75, 3.05) is 4.72 Å². The predicted octanol–water partition coefficient (Wildman–Crippen LogP) is 3.57. The average molecular weight is 401 g/mol. The molecule has 1 heterocycles. The van der Waals surface area contributed by atoms with Gasteiger partial charge in [0.15, 0.2) is 0 Å². The van der Waals surface area contributed by atoms with Gasteiger partial charge < -0.3 is 0 Å². The summed E-state index contributed by atoms with van der Waals surface area (Å²) in [7, 11) is -3.90. The Morgan fingerprint density at radius 2 is 1.80 bits per heavy atom. The molecular weight excluding hydrogens is 390 g/mol. The number of rotatable bonds is 5. The topological polar surface area (TPSA) is 76.9 Å². The molecule has 0 amide bonds. The lowest BCUT2D eigenvalue weighted by Gasteiger charge is -2.05. The Morgan fingerprint density at radius 3 is 2.48 bits per heavy atom. The van der Waals surface area contributed by atoms with Crippen LogP contribution in [0.5, 0.6) is 0 Å². The first-order valence-electron chi connectivity index (χ1n) is 6.95. The van der Waals surface area contributed by atoms with E-state index in [4.69, 9.17) is 23.2 Å². The minimum Gasteiger partial charge on any atom is -0.246 e. The zero-order chi connectivity index (χ0) is 18.0. The Balaban J connectivity index is 1.74. The third-order valence-corrected chi connectivity index (χ3v) is 5.30. The van der Waals surface area contributed by atoms with Gasteiger partial charge in [0, 0.05) is 0 Å². The summed E-state index contributed by atoms with van der Waals surface area (Å²) in [5.41, 5.74) is 0.826. The highest BCUT2D eigenvalue weighted by molar-refractivity contribution is 7.92. The number of aromatic nitrogens is 3. The van der Waals surface area contributed by atoms with Gasteiger partial charge >= 0.3 is 0 Å². The molecule has 0 bridgehead atoms. The molecule has 25 heavy (non-hydrogen) atoms. The summed E-state index contributed by atoms with van der Waals surface area (Å²) >= 11 is 11.8. The summed E-state index contributed by atoms with van der Waals surface area (Å²) in [6.07, 6.45) is 1.38. The number of sulfonamides is 1. The second-order valence-electron chi connectivity index (χ2n) is 5.07. The fourth-order valence-electron chi connectivity index (χ4n) is 2.04. The molecule has 0 fully saturated rings. The summed E-state index contributed by atoms with van der Waals surface area (Å²) in [4.78, 5) is 3.82. The zero-order valence-corrected chi connectivity index (χ0v) is 14.9. The standard InChI is InChI=1S/C15H11Cl2FN4O2S/c16-13-6-1-10(7-14(13)17)8-22-9-19-15(20-22)21-25(23,24)12-4-2-11(18)3-5-12/h1-7,9H,8H2,(H,20,21). The Bertz CT molecular complexity index is 1010. The Morgan fingerprint density at radius 1 is 1.08 bits per heavy atom. The molecule has 3 aromatic rings. The van der Waals surface area contributed by atoms with Gasteiger partial charge in [0.25, 0.3) is 16.0 Å². The molecule has 6 nitrogen and oxygen atoms in total. The van der Waals surface area contributed by atoms with Gasteiger partial charge in [-0.15, -0.1) is 5.10 Å². The number of nitrogens with zero attached hydrogens (tertiary/aromatic N) is 3. The Kier molecular flexibility index (Phi) is 4.94. The quantitative estimate of drug-likeness (QED) is 0.709. The summed E-state index contributed by atoms with van der Waals surface area (Å²) in [6, 6.07) is 9.56. The van der Waals surface area contributed by atoms with Crippen LogP contribution in [-0.4, -0.2) is 23.2 Å². The van der Waals surface area contributed by atoms with Crippen LogP contribution >= 0.6 is 23.2 Å². The average Bonchev–Trinajstić information content (AvgIpc) is 2.97. The van der Waals surface area contributed by atoms with E-state index in [1.165, 1.54) is 11.0 Å². The van der Waals surface area contributed by atoms with Crippen molar-refractivity contribution in [2.45, 2.75) is 11.4 Å². The van der Waals surface area contributed by atoms with Crippen molar-refractivity contribution < 1.29 is 12.8 Å². The van der Waals surface area contributed by atoms with Crippen molar-refractivity contribution in [3.05, 3.63) is 70.2 Å². The minimum absolute atomic E-state index is 0.0882. The van der Waals surface area contributed by atoms with Crippen LogP contribution < -0.4 is 4.72 Å². The van der Waals surface area contributed by atoms with Crippen LogP contribution in [0.1, 0.15) is 5.56 Å². The Labute approximate surface area is 153 Å². The van der Waals surface area contributed by atoms with Gasteiger partial charge in [0.1, 0.15) is 12.1 Å². The molecule has 130 valence electrons. The van der Waals surface area contributed by atoms with E-state index in [9.17, 15) is 12.8 Å². The molecule has 3 rings (SSSR count). The summed E-state index contributed by atoms with van der Waals surface area (Å²) in [6.45, 7) is 0.335. The van der Waals surface area contributed by atoms with Gasteiger partial charge in [-0.1, -0.05) is 29.3 Å². The third kappa shape index (κ3) is 4.28. The van der Waals surface area contributed by atoms with E-state index < -0.39 is 15.8 Å². The lowest BCUT2D eigenvalue weighted by molar-refractivity contribution is 0.599. The van der Waals surface area contributed by atoms with Crippen molar-refractivity contribution in [2.24, 2.45) is 0 Å². The Hall–Kier alpha value is -2.16. The number of halogens is 3. The predicted molar refractivity (Wildman–Crippen MR) is 92.8 cm³/mol. The molecule has 1 N–H and O–H groups in total. The molecule has 0 atom stereocenters. The number of hydrogen-bond acceptors (Lipinski definition) is 4. The molecule has 0 spiro atoms. The van der Waals surface area contributed by atoms with Gasteiger partial charge in [-0.2, -0.15) is 4.98 Å². The van der Waals surface area contributed by atoms with E-state index in [1.54, 1.807) is 18.2 Å². The van der Waals surface area contributed by atoms with E-state index in [0.717, 1.165) is 29.8 Å². The second kappa shape index (κ2) is 6.99. The minimum atomic E-state index is -3.90. The second-order valence-corrected chi connectivity index (χ2v) is 7.57. The van der Waals surface area contributed by atoms with E-state index in [0.29, 0.717) is 16.6 Å². The van der Waals surface area contributed by atoms with Crippen LogP contribution in [0.2, 0.25) is 10.0 Å². The maximum atomic E-state index is 12.9. The van der Waals surface area contributed by atoms with Crippen LogP contribution in [-0.2, 0) is 16.6 Å². The highest BCUT2D eigenvalue weighted by atomic mass is 35.5. The molecule has 0 saturated carbocycles. The van der Waals surface area contributed by atoms with Crippen LogP contribution in [0.4, 0.5) is 10.3 Å². The van der Waals surface area contributed by atoms with Crippen molar-refractivity contribution >= 4 is 39.2 Å². The van der Waals surface area contributed by atoms with Gasteiger partial charge in [-0.05, 0) is 42.0 Å². The highest BCUT2D eigenvalue weighted by Gasteiger charge is 2.16. The fraction of sp³-hybridized carbons (Fsp3) is 0.0667. The lowest BCUT2D eigenvalue weighted by atomic mass is 10.2. The van der Waals surface area contributed by atoms with Crippen molar-refractivity contribution in [3.63, 3.8) is 0 Å². The number of nitrogens with one attached hydrogen (secondary N) is 1. The monoisotopic (exact) mass is 400 g/mol. The first kappa shape index (κ1) is 17.7. The number of hydrogen-bond donors (Lipinski definition) is 1. The van der Waals surface area contributed by atoms with Gasteiger partial charge in [-0.3, -0.25) is 0 Å². The maximum Gasteiger partial charge on any atom is 0.264 e. The first-order chi connectivity index (χ1) is 11.8. The maximum absolute atomic E-state index is 12.9. The summed E-state index contributed by atoms with van der Waals surface area (Å²) < 4.78 is 41.0. The van der Waals surface area contributed by atoms with Crippen LogP contribution in [0, 0.1) is 5.82 Å². The summed E-state index contributed by atoms with van der Waals surface area (Å²) in [5.74, 6) is -0.618. The highest BCUT2D eigenvalue weighted by Crippen LogP contribution is 2.23. The van der Waals surface area contributed by atoms with E-state index in [1.807, 2.05) is 0 Å². The molecule has 0 unspecified atom stereocenters. The molecule has 0 saturated heterocycles. The van der Waals surface area contributed by atoms with Crippen molar-refractivity contribution in [3.8, 4) is 0 Å². The van der Waals surface area contributed by atoms with Crippen LogP contribution in [0.3, 0.4) is 0 Å². The molecule has 0 aliphatic heterocycles. The number of anilines is 1. The normalized spacial score (nSPS) is 11.5. The fourth-order valence-corrected chi connectivity index (χ4v) is 3.30. The SMILES string of the molecule is O=S(=O)(Nc1ncn(Cc2ccc(Cl)c(Cl)c2)n1)c1ccc(F)cc1. The van der Waals surface area contributed by atoms with Crippen LogP contribution in [0.25, 0.3) is 0 Å². The molecule has 0 aliphatic rings. The number of benzene rings is 2. The van der Waals surface area contributed by atoms with Crippen molar-refractivity contribution in [1.29, 1.82) is 0 Å². The molecule has 2 aromatic carbocycles. The third-order valence-electron chi connectivity index (χ3n) is 3.21. The van der Waals surface area contributed by atoms with Crippen molar-refractivity contribution in [1.82, 2.24) is 14.8 Å². The van der Waals surface area contributed by atoms with E-state index in [-0.39, 0.29) is 10.8 Å². The molecular formula is C15H11Cl2FN4O2S. The zero-order valence-electron chi connectivity index (χ0n) is 12.5. The first-order valence-corrected chi connectivity index (χ1v) is 9.19. The lowest BCUT2D eigenvalue weighted by Crippen LogP contribution is -2.14. The molecule has 0 aliphatic carbocycles. The van der Waals surface area contributed by atoms with E-state index >= 15 is 0 Å². The largest absolute Gasteiger partial charge is 0.264 e.